The minimum absolute atomic E-state index is 0.0956. The summed E-state index contributed by atoms with van der Waals surface area (Å²) in [6.45, 7) is 0.720. The molecule has 0 fully saturated rings. The first-order valence-corrected chi connectivity index (χ1v) is 5.58. The lowest BCUT2D eigenvalue weighted by Gasteiger charge is -2.05. The van der Waals surface area contributed by atoms with Gasteiger partial charge in [0.25, 0.3) is 0 Å². The van der Waals surface area contributed by atoms with Crippen LogP contribution in [0.2, 0.25) is 0 Å². The molecule has 1 N–H and O–H groups in total. The van der Waals surface area contributed by atoms with Gasteiger partial charge in [0, 0.05) is 0 Å². The fourth-order valence-electron chi connectivity index (χ4n) is 1.22. The van der Waals surface area contributed by atoms with E-state index in [0.717, 1.165) is 18.3 Å². The van der Waals surface area contributed by atoms with Gasteiger partial charge in [0.15, 0.2) is 0 Å². The third-order valence-electron chi connectivity index (χ3n) is 1.93. The Morgan fingerprint density at radius 1 is 1.29 bits per heavy atom. The number of nitrogens with one attached hydrogen (secondary N) is 1. The van der Waals surface area contributed by atoms with Crippen LogP contribution in [-0.2, 0) is 6.42 Å². The third kappa shape index (κ3) is 2.69. The van der Waals surface area contributed by atoms with Gasteiger partial charge >= 0.3 is 0 Å². The summed E-state index contributed by atoms with van der Waals surface area (Å²) in [6.07, 6.45) is 2.30. The molecule has 0 saturated heterocycles. The van der Waals surface area contributed by atoms with Crippen molar-refractivity contribution in [1.82, 2.24) is 5.32 Å². The molecule has 1 nitrogen and oxygen atoms in total. The summed E-state index contributed by atoms with van der Waals surface area (Å²) in [6, 6.07) is 2.79. The lowest BCUT2D eigenvalue weighted by Crippen LogP contribution is -2.10. The number of rotatable bonds is 4. The Morgan fingerprint density at radius 2 is 1.86 bits per heavy atom. The molecule has 0 heterocycles. The summed E-state index contributed by atoms with van der Waals surface area (Å²) in [5.41, 5.74) is 0.687. The fraction of sp³-hybridized carbons (Fsp3) is 0.400. The van der Waals surface area contributed by atoms with Gasteiger partial charge in [-0.2, -0.15) is 0 Å². The zero-order valence-corrected chi connectivity index (χ0v) is 9.05. The zero-order chi connectivity index (χ0) is 10.6. The van der Waals surface area contributed by atoms with Crippen LogP contribution in [0.1, 0.15) is 5.56 Å². The Bertz CT molecular complexity index is 292. The van der Waals surface area contributed by atoms with Gasteiger partial charge in [-0.3, -0.25) is 0 Å². The van der Waals surface area contributed by atoms with Crippen LogP contribution in [0.25, 0.3) is 0 Å². The standard InChI is InChI=1S/C10H13F2NS/c1-13-4-3-7-5-8(11)10(14-2)9(12)6-7/h5-6,13H,3-4H2,1-2H3. The van der Waals surface area contributed by atoms with E-state index >= 15 is 0 Å². The third-order valence-corrected chi connectivity index (χ3v) is 2.72. The van der Waals surface area contributed by atoms with E-state index in [4.69, 9.17) is 0 Å². The lowest BCUT2D eigenvalue weighted by atomic mass is 10.1. The number of likely N-dealkylation sites (N-methyl/N-ethyl adjacent to an activating group) is 1. The normalized spacial score (nSPS) is 10.6. The first-order valence-electron chi connectivity index (χ1n) is 4.35. The maximum Gasteiger partial charge on any atom is 0.139 e. The minimum Gasteiger partial charge on any atom is -0.319 e. The molecule has 0 aliphatic heterocycles. The van der Waals surface area contributed by atoms with Crippen molar-refractivity contribution in [2.24, 2.45) is 0 Å². The quantitative estimate of drug-likeness (QED) is 0.777. The number of halogens is 2. The molecule has 0 aliphatic carbocycles. The van der Waals surface area contributed by atoms with E-state index in [2.05, 4.69) is 5.32 Å². The molecule has 0 aliphatic rings. The number of hydrogen-bond acceptors (Lipinski definition) is 2. The van der Waals surface area contributed by atoms with Crippen molar-refractivity contribution < 1.29 is 8.78 Å². The molecule has 0 spiro atoms. The predicted molar refractivity (Wildman–Crippen MR) is 55.8 cm³/mol. The van der Waals surface area contributed by atoms with Crippen molar-refractivity contribution in [1.29, 1.82) is 0 Å². The van der Waals surface area contributed by atoms with Gasteiger partial charge < -0.3 is 5.32 Å². The highest BCUT2D eigenvalue weighted by Crippen LogP contribution is 2.24. The molecule has 0 radical (unpaired) electrons. The largest absolute Gasteiger partial charge is 0.319 e. The summed E-state index contributed by atoms with van der Waals surface area (Å²) in [5, 5.41) is 2.93. The van der Waals surface area contributed by atoms with Crippen molar-refractivity contribution in [3.63, 3.8) is 0 Å². The summed E-state index contributed by atoms with van der Waals surface area (Å²) >= 11 is 1.09. The number of hydrogen-bond donors (Lipinski definition) is 1. The van der Waals surface area contributed by atoms with E-state index in [0.29, 0.717) is 12.0 Å². The molecule has 0 unspecified atom stereocenters. The summed E-state index contributed by atoms with van der Waals surface area (Å²) in [5.74, 6) is -0.938. The first kappa shape index (κ1) is 11.5. The van der Waals surface area contributed by atoms with Crippen LogP contribution in [0.15, 0.2) is 17.0 Å². The zero-order valence-electron chi connectivity index (χ0n) is 8.23. The second-order valence-corrected chi connectivity index (χ2v) is 3.76. The van der Waals surface area contributed by atoms with Crippen LogP contribution >= 0.6 is 11.8 Å². The van der Waals surface area contributed by atoms with E-state index in [1.165, 1.54) is 12.1 Å². The Balaban J connectivity index is 2.90. The topological polar surface area (TPSA) is 12.0 Å². The van der Waals surface area contributed by atoms with Crippen molar-refractivity contribution >= 4 is 11.8 Å². The lowest BCUT2D eigenvalue weighted by molar-refractivity contribution is 0.537. The Hall–Kier alpha value is -0.610. The molecule has 1 aromatic rings. The maximum atomic E-state index is 13.3. The molecule has 0 bridgehead atoms. The molecular weight excluding hydrogens is 204 g/mol. The number of benzene rings is 1. The van der Waals surface area contributed by atoms with Crippen molar-refractivity contribution in [3.8, 4) is 0 Å². The Labute approximate surface area is 86.9 Å². The van der Waals surface area contributed by atoms with E-state index in [1.54, 1.807) is 6.26 Å². The second-order valence-electron chi connectivity index (χ2n) is 2.95. The SMILES string of the molecule is CNCCc1cc(F)c(SC)c(F)c1. The predicted octanol–water partition coefficient (Wildman–Crippen LogP) is 2.45. The fourth-order valence-corrected chi connectivity index (χ4v) is 1.73. The Kier molecular flexibility index (Phi) is 4.35. The average molecular weight is 217 g/mol. The molecule has 0 amide bonds. The summed E-state index contributed by atoms with van der Waals surface area (Å²) in [4.78, 5) is 0.0956. The van der Waals surface area contributed by atoms with Crippen molar-refractivity contribution in [3.05, 3.63) is 29.3 Å². The van der Waals surface area contributed by atoms with Crippen LogP contribution in [0, 0.1) is 11.6 Å². The van der Waals surface area contributed by atoms with Crippen LogP contribution < -0.4 is 5.32 Å². The first-order chi connectivity index (χ1) is 6.69. The van der Waals surface area contributed by atoms with Gasteiger partial charge in [-0.05, 0) is 44.0 Å². The van der Waals surface area contributed by atoms with Crippen LogP contribution in [0.3, 0.4) is 0 Å². The smallest absolute Gasteiger partial charge is 0.139 e. The van der Waals surface area contributed by atoms with Gasteiger partial charge in [0.1, 0.15) is 11.6 Å². The highest BCUT2D eigenvalue weighted by molar-refractivity contribution is 7.98. The summed E-state index contributed by atoms with van der Waals surface area (Å²) in [7, 11) is 1.81. The molecule has 78 valence electrons. The molecule has 4 heteroatoms. The number of thioether (sulfide) groups is 1. The van der Waals surface area contributed by atoms with Gasteiger partial charge in [-0.25, -0.2) is 8.78 Å². The van der Waals surface area contributed by atoms with E-state index in [9.17, 15) is 8.78 Å². The van der Waals surface area contributed by atoms with Gasteiger partial charge in [-0.1, -0.05) is 0 Å². The van der Waals surface area contributed by atoms with E-state index in [1.807, 2.05) is 7.05 Å². The van der Waals surface area contributed by atoms with E-state index in [-0.39, 0.29) is 4.90 Å². The maximum absolute atomic E-state index is 13.3. The van der Waals surface area contributed by atoms with Crippen LogP contribution in [0.4, 0.5) is 8.78 Å². The Morgan fingerprint density at radius 3 is 2.29 bits per heavy atom. The van der Waals surface area contributed by atoms with Gasteiger partial charge in [0.05, 0.1) is 4.90 Å². The summed E-state index contributed by atoms with van der Waals surface area (Å²) < 4.78 is 26.5. The second kappa shape index (κ2) is 5.32. The van der Waals surface area contributed by atoms with Gasteiger partial charge in [0.2, 0.25) is 0 Å². The minimum atomic E-state index is -0.469. The monoisotopic (exact) mass is 217 g/mol. The molecule has 1 rings (SSSR count). The van der Waals surface area contributed by atoms with Crippen molar-refractivity contribution in [2.75, 3.05) is 19.8 Å². The highest BCUT2D eigenvalue weighted by atomic mass is 32.2. The van der Waals surface area contributed by atoms with Crippen LogP contribution in [0.5, 0.6) is 0 Å². The van der Waals surface area contributed by atoms with Crippen molar-refractivity contribution in [2.45, 2.75) is 11.3 Å². The average Bonchev–Trinajstić information content (AvgIpc) is 2.14. The van der Waals surface area contributed by atoms with Gasteiger partial charge in [-0.15, -0.1) is 11.8 Å². The van der Waals surface area contributed by atoms with E-state index < -0.39 is 11.6 Å². The molecule has 0 atom stereocenters. The van der Waals surface area contributed by atoms with Crippen LogP contribution in [-0.4, -0.2) is 19.8 Å². The molecule has 1 aromatic carbocycles. The highest BCUT2D eigenvalue weighted by Gasteiger charge is 2.09. The molecule has 14 heavy (non-hydrogen) atoms. The molecular formula is C10H13F2NS. The molecule has 0 aromatic heterocycles. The molecule has 0 saturated carbocycles.